The first-order valence-electron chi connectivity index (χ1n) is 4.43. The van der Waals surface area contributed by atoms with Gasteiger partial charge in [-0.3, -0.25) is 0 Å². The molecule has 0 fully saturated rings. The van der Waals surface area contributed by atoms with E-state index >= 15 is 0 Å². The van der Waals surface area contributed by atoms with Crippen molar-refractivity contribution in [2.75, 3.05) is 10.5 Å². The molecule has 1 rings (SSSR count). The maximum Gasteiger partial charge on any atom is 0.142 e. The van der Waals surface area contributed by atoms with E-state index in [1.165, 1.54) is 0 Å². The number of nitrogens with one attached hydrogen (secondary N) is 1. The van der Waals surface area contributed by atoms with Gasteiger partial charge in [0.1, 0.15) is 4.75 Å². The Morgan fingerprint density at radius 3 is 2.50 bits per heavy atom. The van der Waals surface area contributed by atoms with Crippen LogP contribution >= 0.6 is 0 Å². The van der Waals surface area contributed by atoms with Crippen molar-refractivity contribution in [2.24, 2.45) is 0 Å². The molecule has 0 saturated carbocycles. The van der Waals surface area contributed by atoms with Gasteiger partial charge in [0, 0.05) is 5.69 Å². The van der Waals surface area contributed by atoms with E-state index in [1.54, 1.807) is 12.1 Å². The van der Waals surface area contributed by atoms with Crippen molar-refractivity contribution >= 4 is 22.7 Å². The summed E-state index contributed by atoms with van der Waals surface area (Å²) in [5, 5.41) is 0. The van der Waals surface area contributed by atoms with Crippen molar-refractivity contribution in [3.8, 4) is 0 Å². The number of nitrogens with two attached hydrogens (primary N) is 1. The molecule has 0 spiro atoms. The Morgan fingerprint density at radius 2 is 2.00 bits per heavy atom. The lowest BCUT2D eigenvalue weighted by Crippen LogP contribution is -2.33. The molecule has 4 heteroatoms. The molecule has 0 aromatic heterocycles. The highest BCUT2D eigenvalue weighted by Crippen LogP contribution is 2.20. The van der Waals surface area contributed by atoms with Crippen LogP contribution in [0, 0.1) is 0 Å². The molecule has 0 aliphatic heterocycles. The minimum absolute atomic E-state index is 0.273. The molecule has 0 bridgehead atoms. The van der Waals surface area contributed by atoms with E-state index in [0.717, 1.165) is 5.69 Å². The predicted octanol–water partition coefficient (Wildman–Crippen LogP) is 2.14. The summed E-state index contributed by atoms with van der Waals surface area (Å²) in [4.78, 5) is 0. The van der Waals surface area contributed by atoms with Gasteiger partial charge in [0.25, 0.3) is 0 Å². The van der Waals surface area contributed by atoms with Crippen molar-refractivity contribution < 1.29 is 4.55 Å². The molecule has 78 valence electrons. The molecule has 3 nitrogen and oxygen atoms in total. The Kier molecular flexibility index (Phi) is 3.29. The number of hydrogen-bond donors (Lipinski definition) is 2. The summed E-state index contributed by atoms with van der Waals surface area (Å²) < 4.78 is 14.3. The van der Waals surface area contributed by atoms with Gasteiger partial charge in [0.2, 0.25) is 0 Å². The fourth-order valence-corrected chi connectivity index (χ4v) is 1.51. The Labute approximate surface area is 88.0 Å². The highest BCUT2D eigenvalue weighted by Gasteiger charge is 2.26. The third-order valence-corrected chi connectivity index (χ3v) is 3.19. The molecule has 0 saturated heterocycles. The Balaban J connectivity index is 2.70. The summed E-state index contributed by atoms with van der Waals surface area (Å²) in [5.41, 5.74) is 7.06. The Bertz CT molecular complexity index is 309. The lowest BCUT2D eigenvalue weighted by atomic mass is 10.3. The normalized spacial score (nSPS) is 13.7. The van der Waals surface area contributed by atoms with E-state index in [-0.39, 0.29) is 4.75 Å². The molecular weight excluding hydrogens is 196 g/mol. The maximum atomic E-state index is 11.7. The van der Waals surface area contributed by atoms with Crippen molar-refractivity contribution in [3.63, 3.8) is 0 Å². The van der Waals surface area contributed by atoms with Crippen molar-refractivity contribution in [1.82, 2.24) is 0 Å². The summed E-state index contributed by atoms with van der Waals surface area (Å²) in [5.74, 6) is 0. The van der Waals surface area contributed by atoms with Gasteiger partial charge in [-0.2, -0.15) is 0 Å². The van der Waals surface area contributed by atoms with Gasteiger partial charge < -0.3 is 10.3 Å². The monoisotopic (exact) mass is 212 g/mol. The van der Waals surface area contributed by atoms with E-state index < -0.39 is 11.4 Å². The van der Waals surface area contributed by atoms with Crippen LogP contribution in [0.2, 0.25) is 0 Å². The highest BCUT2D eigenvalue weighted by atomic mass is 32.2. The zero-order valence-electron chi connectivity index (χ0n) is 8.70. The van der Waals surface area contributed by atoms with Gasteiger partial charge in [0.05, 0.1) is 17.0 Å². The third-order valence-electron chi connectivity index (χ3n) is 1.65. The molecule has 1 aromatic rings. The molecule has 1 aromatic carbocycles. The van der Waals surface area contributed by atoms with E-state index in [1.807, 2.05) is 32.9 Å². The van der Waals surface area contributed by atoms with Gasteiger partial charge >= 0.3 is 0 Å². The molecular formula is C10H16N2OS. The second-order valence-electron chi connectivity index (χ2n) is 4.11. The summed E-state index contributed by atoms with van der Waals surface area (Å²) in [6.07, 6.45) is 0. The summed E-state index contributed by atoms with van der Waals surface area (Å²) >= 11 is -1.10. The Hall–Kier alpha value is -0.870. The van der Waals surface area contributed by atoms with Crippen LogP contribution in [0.25, 0.3) is 0 Å². The first-order chi connectivity index (χ1) is 6.39. The fourth-order valence-electron chi connectivity index (χ4n) is 0.862. The smallest absolute Gasteiger partial charge is 0.142 e. The SMILES string of the molecule is CC(C)(C)[S+]([O-])Nc1cccc(N)c1. The number of benzene rings is 1. The van der Waals surface area contributed by atoms with Crippen LogP contribution in [0.1, 0.15) is 20.8 Å². The quantitative estimate of drug-likeness (QED) is 0.583. The highest BCUT2D eigenvalue weighted by molar-refractivity contribution is 7.94. The lowest BCUT2D eigenvalue weighted by Gasteiger charge is -2.23. The average Bonchev–Trinajstić information content (AvgIpc) is 2.02. The molecule has 0 heterocycles. The number of anilines is 2. The molecule has 1 unspecified atom stereocenters. The molecule has 0 amide bonds. The zero-order chi connectivity index (χ0) is 10.8. The van der Waals surface area contributed by atoms with E-state index in [9.17, 15) is 4.55 Å². The second-order valence-corrected chi connectivity index (χ2v) is 6.07. The van der Waals surface area contributed by atoms with Crippen LogP contribution in [0.5, 0.6) is 0 Å². The first-order valence-corrected chi connectivity index (χ1v) is 5.58. The molecule has 0 radical (unpaired) electrons. The largest absolute Gasteiger partial charge is 0.593 e. The van der Waals surface area contributed by atoms with Gasteiger partial charge in [0.15, 0.2) is 0 Å². The molecule has 14 heavy (non-hydrogen) atoms. The fraction of sp³-hybridized carbons (Fsp3) is 0.400. The van der Waals surface area contributed by atoms with Gasteiger partial charge in [-0.05, 0) is 39.0 Å². The summed E-state index contributed by atoms with van der Waals surface area (Å²) in [7, 11) is 0. The Morgan fingerprint density at radius 1 is 1.36 bits per heavy atom. The average molecular weight is 212 g/mol. The van der Waals surface area contributed by atoms with Gasteiger partial charge in [-0.15, -0.1) is 0 Å². The molecule has 3 N–H and O–H groups in total. The molecule has 1 atom stereocenters. The summed E-state index contributed by atoms with van der Waals surface area (Å²) in [6, 6.07) is 7.24. The van der Waals surface area contributed by atoms with Crippen LogP contribution in [-0.2, 0) is 11.4 Å². The standard InChI is InChI=1S/C10H16N2OS/c1-10(2,3)14(13)12-9-6-4-5-8(11)7-9/h4-7,12H,11H2,1-3H3. The zero-order valence-corrected chi connectivity index (χ0v) is 9.52. The van der Waals surface area contributed by atoms with Crippen LogP contribution in [0.3, 0.4) is 0 Å². The first kappa shape index (κ1) is 11.2. The lowest BCUT2D eigenvalue weighted by molar-refractivity contribution is 0.565. The predicted molar refractivity (Wildman–Crippen MR) is 62.4 cm³/mol. The van der Waals surface area contributed by atoms with Gasteiger partial charge in [-0.1, -0.05) is 6.07 Å². The van der Waals surface area contributed by atoms with Crippen LogP contribution in [0.4, 0.5) is 11.4 Å². The topological polar surface area (TPSA) is 61.1 Å². The minimum Gasteiger partial charge on any atom is -0.593 e. The summed E-state index contributed by atoms with van der Waals surface area (Å²) in [6.45, 7) is 5.76. The number of hydrogen-bond acceptors (Lipinski definition) is 3. The van der Waals surface area contributed by atoms with E-state index in [2.05, 4.69) is 4.72 Å². The second kappa shape index (κ2) is 4.11. The van der Waals surface area contributed by atoms with Crippen LogP contribution in [0.15, 0.2) is 24.3 Å². The van der Waals surface area contributed by atoms with Crippen molar-refractivity contribution in [3.05, 3.63) is 24.3 Å². The van der Waals surface area contributed by atoms with Crippen LogP contribution < -0.4 is 10.5 Å². The number of nitrogen functional groups attached to an aromatic ring is 1. The van der Waals surface area contributed by atoms with E-state index in [4.69, 9.17) is 5.73 Å². The van der Waals surface area contributed by atoms with Crippen molar-refractivity contribution in [1.29, 1.82) is 0 Å². The molecule has 0 aliphatic rings. The van der Waals surface area contributed by atoms with Crippen LogP contribution in [-0.4, -0.2) is 9.30 Å². The molecule has 0 aliphatic carbocycles. The minimum atomic E-state index is -1.10. The maximum absolute atomic E-state index is 11.7. The third kappa shape index (κ3) is 3.12. The van der Waals surface area contributed by atoms with Crippen molar-refractivity contribution in [2.45, 2.75) is 25.5 Å². The number of rotatable bonds is 2. The van der Waals surface area contributed by atoms with Gasteiger partial charge in [-0.25, -0.2) is 4.72 Å². The van der Waals surface area contributed by atoms with E-state index in [0.29, 0.717) is 5.69 Å².